The molecule has 1 aliphatic heterocycles. The second-order valence-corrected chi connectivity index (χ2v) is 6.78. The van der Waals surface area contributed by atoms with E-state index in [1.807, 2.05) is 11.3 Å². The zero-order valence-electron chi connectivity index (χ0n) is 12.2. The van der Waals surface area contributed by atoms with Gasteiger partial charge in [-0.2, -0.15) is 0 Å². The van der Waals surface area contributed by atoms with Gasteiger partial charge in [0.2, 0.25) is 0 Å². The minimum atomic E-state index is 0.275. The molecule has 2 heterocycles. The summed E-state index contributed by atoms with van der Waals surface area (Å²) in [5.74, 6) is 0. The van der Waals surface area contributed by atoms with Crippen LogP contribution in [0.1, 0.15) is 24.1 Å². The van der Waals surface area contributed by atoms with Gasteiger partial charge in [0.1, 0.15) is 0 Å². The fourth-order valence-corrected chi connectivity index (χ4v) is 4.18. The summed E-state index contributed by atoms with van der Waals surface area (Å²) in [7, 11) is 0. The van der Waals surface area contributed by atoms with Gasteiger partial charge >= 0.3 is 0 Å². The van der Waals surface area contributed by atoms with Crippen LogP contribution in [0, 0.1) is 6.92 Å². The molecule has 0 saturated carbocycles. The Bertz CT molecular complexity index is 898. The van der Waals surface area contributed by atoms with Gasteiger partial charge in [-0.3, -0.25) is 0 Å². The van der Waals surface area contributed by atoms with Crippen molar-refractivity contribution >= 4 is 31.5 Å². The molecular formula is C19H17NS. The molecule has 0 fully saturated rings. The third kappa shape index (κ3) is 2.07. The first-order valence-corrected chi connectivity index (χ1v) is 8.07. The molecule has 4 rings (SSSR count). The molecule has 0 radical (unpaired) electrons. The summed E-state index contributed by atoms with van der Waals surface area (Å²) in [5.41, 5.74) is 3.99. The van der Waals surface area contributed by atoms with E-state index in [0.717, 1.165) is 0 Å². The number of hydrogen-bond donors (Lipinski definition) is 1. The second kappa shape index (κ2) is 4.74. The lowest BCUT2D eigenvalue weighted by atomic mass is 9.96. The van der Waals surface area contributed by atoms with Crippen molar-refractivity contribution in [1.82, 2.24) is 5.32 Å². The topological polar surface area (TPSA) is 12.0 Å². The molecule has 21 heavy (non-hydrogen) atoms. The molecule has 2 aromatic carbocycles. The number of benzene rings is 2. The number of dihydropyridines is 1. The Morgan fingerprint density at radius 1 is 1.00 bits per heavy atom. The van der Waals surface area contributed by atoms with E-state index in [0.29, 0.717) is 0 Å². The van der Waals surface area contributed by atoms with Crippen LogP contribution in [0.2, 0.25) is 0 Å². The largest absolute Gasteiger partial charge is 0.380 e. The minimum Gasteiger partial charge on any atom is -0.380 e. The first-order valence-electron chi connectivity index (χ1n) is 7.25. The van der Waals surface area contributed by atoms with Gasteiger partial charge in [0, 0.05) is 26.4 Å². The normalized spacial score (nSPS) is 18.0. The lowest BCUT2D eigenvalue weighted by molar-refractivity contribution is 0.735. The van der Waals surface area contributed by atoms with Crippen molar-refractivity contribution in [3.05, 3.63) is 71.5 Å². The SMILES string of the molecule is CC1=CNC(c2cc3c(cc2C)sc2ccccc23)C=C1. The summed E-state index contributed by atoms with van der Waals surface area (Å²) in [6.07, 6.45) is 6.54. The van der Waals surface area contributed by atoms with Crippen LogP contribution in [0.5, 0.6) is 0 Å². The third-order valence-electron chi connectivity index (χ3n) is 4.14. The van der Waals surface area contributed by atoms with E-state index >= 15 is 0 Å². The maximum Gasteiger partial charge on any atom is 0.0698 e. The predicted molar refractivity (Wildman–Crippen MR) is 92.8 cm³/mol. The molecular weight excluding hydrogens is 274 g/mol. The van der Waals surface area contributed by atoms with Gasteiger partial charge in [0.05, 0.1) is 6.04 Å². The fraction of sp³-hybridized carbons (Fsp3) is 0.158. The Morgan fingerprint density at radius 2 is 1.86 bits per heavy atom. The average Bonchev–Trinajstić information content (AvgIpc) is 2.84. The van der Waals surface area contributed by atoms with E-state index in [9.17, 15) is 0 Å². The lowest BCUT2D eigenvalue weighted by Crippen LogP contribution is -2.17. The molecule has 0 amide bonds. The molecule has 0 aliphatic carbocycles. The van der Waals surface area contributed by atoms with Crippen LogP contribution in [0.25, 0.3) is 20.2 Å². The Morgan fingerprint density at radius 3 is 2.67 bits per heavy atom. The molecule has 0 saturated heterocycles. The fourth-order valence-electron chi connectivity index (χ4n) is 2.99. The predicted octanol–water partition coefficient (Wildman–Crippen LogP) is 5.47. The summed E-state index contributed by atoms with van der Waals surface area (Å²) in [6.45, 7) is 4.32. The number of hydrogen-bond acceptors (Lipinski definition) is 2. The summed E-state index contributed by atoms with van der Waals surface area (Å²) in [6, 6.07) is 13.6. The van der Waals surface area contributed by atoms with Gasteiger partial charge in [-0.15, -0.1) is 11.3 Å². The molecule has 2 heteroatoms. The van der Waals surface area contributed by atoms with E-state index < -0.39 is 0 Å². The van der Waals surface area contributed by atoms with Crippen molar-refractivity contribution in [2.45, 2.75) is 19.9 Å². The quantitative estimate of drug-likeness (QED) is 0.627. The van der Waals surface area contributed by atoms with Crippen molar-refractivity contribution in [1.29, 1.82) is 0 Å². The van der Waals surface area contributed by atoms with Crippen molar-refractivity contribution in [3.8, 4) is 0 Å². The number of rotatable bonds is 1. The van der Waals surface area contributed by atoms with Gasteiger partial charge in [-0.1, -0.05) is 30.4 Å². The van der Waals surface area contributed by atoms with Crippen LogP contribution in [-0.4, -0.2) is 0 Å². The highest BCUT2D eigenvalue weighted by Crippen LogP contribution is 2.37. The van der Waals surface area contributed by atoms with Crippen LogP contribution in [0.4, 0.5) is 0 Å². The summed E-state index contributed by atoms with van der Waals surface area (Å²) >= 11 is 1.88. The zero-order valence-corrected chi connectivity index (χ0v) is 13.0. The summed E-state index contributed by atoms with van der Waals surface area (Å²) in [5, 5.41) is 6.22. The minimum absolute atomic E-state index is 0.275. The van der Waals surface area contributed by atoms with Gasteiger partial charge in [-0.05, 0) is 48.7 Å². The van der Waals surface area contributed by atoms with Crippen LogP contribution in [0.15, 0.2) is 60.3 Å². The highest BCUT2D eigenvalue weighted by Gasteiger charge is 2.14. The zero-order chi connectivity index (χ0) is 14.4. The van der Waals surface area contributed by atoms with Crippen molar-refractivity contribution in [3.63, 3.8) is 0 Å². The number of thiophene rings is 1. The first-order chi connectivity index (χ1) is 10.2. The monoisotopic (exact) mass is 291 g/mol. The summed E-state index contributed by atoms with van der Waals surface area (Å²) < 4.78 is 2.75. The van der Waals surface area contributed by atoms with E-state index in [1.54, 1.807) is 0 Å². The van der Waals surface area contributed by atoms with E-state index in [2.05, 4.69) is 73.9 Å². The van der Waals surface area contributed by atoms with E-state index in [1.165, 1.54) is 36.9 Å². The Labute approximate surface area is 128 Å². The molecule has 0 bridgehead atoms. The van der Waals surface area contributed by atoms with E-state index in [4.69, 9.17) is 0 Å². The van der Waals surface area contributed by atoms with Crippen LogP contribution in [-0.2, 0) is 0 Å². The Hall–Kier alpha value is -2.06. The Kier molecular flexibility index (Phi) is 2.86. The molecule has 1 atom stereocenters. The molecule has 1 aliphatic rings. The van der Waals surface area contributed by atoms with Crippen LogP contribution >= 0.6 is 11.3 Å². The van der Waals surface area contributed by atoms with Gasteiger partial charge in [-0.25, -0.2) is 0 Å². The van der Waals surface area contributed by atoms with Crippen molar-refractivity contribution in [2.75, 3.05) is 0 Å². The van der Waals surface area contributed by atoms with Crippen molar-refractivity contribution in [2.24, 2.45) is 0 Å². The molecule has 104 valence electrons. The standard InChI is InChI=1S/C19H17NS/c1-12-7-8-17(20-11-12)15-10-16-14-5-3-4-6-18(14)21-19(16)9-13(15)2/h3-11,17,20H,1-2H3. The highest BCUT2D eigenvalue weighted by molar-refractivity contribution is 7.25. The van der Waals surface area contributed by atoms with Crippen molar-refractivity contribution < 1.29 is 0 Å². The molecule has 1 nitrogen and oxygen atoms in total. The lowest BCUT2D eigenvalue weighted by Gasteiger charge is -2.20. The highest BCUT2D eigenvalue weighted by atomic mass is 32.1. The average molecular weight is 291 g/mol. The molecule has 0 spiro atoms. The van der Waals surface area contributed by atoms with Crippen LogP contribution < -0.4 is 5.32 Å². The Balaban J connectivity index is 1.92. The third-order valence-corrected chi connectivity index (χ3v) is 5.28. The molecule has 3 aromatic rings. The molecule has 1 unspecified atom stereocenters. The van der Waals surface area contributed by atoms with Gasteiger partial charge in [0.25, 0.3) is 0 Å². The smallest absolute Gasteiger partial charge is 0.0698 e. The molecule has 1 aromatic heterocycles. The number of allylic oxidation sites excluding steroid dienone is 2. The van der Waals surface area contributed by atoms with E-state index in [-0.39, 0.29) is 6.04 Å². The van der Waals surface area contributed by atoms with Crippen LogP contribution in [0.3, 0.4) is 0 Å². The number of nitrogens with one attached hydrogen (secondary N) is 1. The number of fused-ring (bicyclic) bond motifs is 3. The summed E-state index contributed by atoms with van der Waals surface area (Å²) in [4.78, 5) is 0. The maximum absolute atomic E-state index is 3.49. The maximum atomic E-state index is 3.49. The second-order valence-electron chi connectivity index (χ2n) is 5.69. The molecule has 1 N–H and O–H groups in total. The first kappa shape index (κ1) is 12.7. The van der Waals surface area contributed by atoms with Gasteiger partial charge in [0.15, 0.2) is 0 Å². The number of aryl methyl sites for hydroxylation is 1. The van der Waals surface area contributed by atoms with Gasteiger partial charge < -0.3 is 5.32 Å².